The maximum absolute atomic E-state index is 5.68. The Kier molecular flexibility index (Phi) is 6.17. The van der Waals surface area contributed by atoms with Gasteiger partial charge in [-0.15, -0.1) is 0 Å². The van der Waals surface area contributed by atoms with Crippen molar-refractivity contribution in [1.29, 1.82) is 0 Å². The third-order valence-electron chi connectivity index (χ3n) is 3.62. The lowest BCUT2D eigenvalue weighted by Crippen LogP contribution is -2.39. The number of rotatable bonds is 4. The molecular formula is C17H20N2S3. The van der Waals surface area contributed by atoms with Crippen molar-refractivity contribution in [2.45, 2.75) is 11.5 Å². The van der Waals surface area contributed by atoms with Crippen LogP contribution in [-0.2, 0) is 11.5 Å². The lowest BCUT2D eigenvalue weighted by molar-refractivity contribution is 1.15. The normalized spacial score (nSPS) is 10.4. The van der Waals surface area contributed by atoms with E-state index in [9.17, 15) is 0 Å². The SMILES string of the molecule is CN(C(=S)N(C)c1ccccc1CS)c1ccccc1CS. The first-order valence-corrected chi connectivity index (χ1v) is 8.66. The molecule has 0 saturated heterocycles. The summed E-state index contributed by atoms with van der Waals surface area (Å²) in [7, 11) is 3.98. The quantitative estimate of drug-likeness (QED) is 0.625. The van der Waals surface area contributed by atoms with Gasteiger partial charge in [-0.2, -0.15) is 25.3 Å². The largest absolute Gasteiger partial charge is 0.321 e. The number of hydrogen-bond donors (Lipinski definition) is 2. The van der Waals surface area contributed by atoms with Gasteiger partial charge in [-0.3, -0.25) is 0 Å². The van der Waals surface area contributed by atoms with Crippen LogP contribution in [0.3, 0.4) is 0 Å². The van der Waals surface area contributed by atoms with Gasteiger partial charge in [-0.1, -0.05) is 36.4 Å². The van der Waals surface area contributed by atoms with Crippen LogP contribution in [0.1, 0.15) is 11.1 Å². The van der Waals surface area contributed by atoms with E-state index < -0.39 is 0 Å². The lowest BCUT2D eigenvalue weighted by Gasteiger charge is -2.30. The Morgan fingerprint density at radius 2 is 1.18 bits per heavy atom. The number of benzene rings is 2. The number of thiocarbonyl (C=S) groups is 1. The third-order valence-corrected chi connectivity index (χ3v) is 4.85. The lowest BCUT2D eigenvalue weighted by atomic mass is 10.2. The molecule has 0 atom stereocenters. The van der Waals surface area contributed by atoms with Crippen molar-refractivity contribution in [3.63, 3.8) is 0 Å². The molecule has 2 aromatic carbocycles. The second-order valence-corrected chi connectivity index (χ2v) is 5.97. The predicted molar refractivity (Wildman–Crippen MR) is 108 cm³/mol. The summed E-state index contributed by atoms with van der Waals surface area (Å²) in [5.41, 5.74) is 4.48. The van der Waals surface area contributed by atoms with E-state index in [1.807, 2.05) is 48.2 Å². The van der Waals surface area contributed by atoms with E-state index in [0.29, 0.717) is 11.5 Å². The number of thiol groups is 2. The molecule has 0 saturated carbocycles. The van der Waals surface area contributed by atoms with E-state index in [1.165, 1.54) is 0 Å². The van der Waals surface area contributed by atoms with Crippen LogP contribution >= 0.6 is 37.5 Å². The van der Waals surface area contributed by atoms with Gasteiger partial charge in [0.15, 0.2) is 5.11 Å². The van der Waals surface area contributed by atoms with E-state index in [0.717, 1.165) is 27.6 Å². The zero-order chi connectivity index (χ0) is 16.1. The molecule has 2 rings (SSSR count). The number of nitrogens with zero attached hydrogens (tertiary/aromatic N) is 2. The monoisotopic (exact) mass is 348 g/mol. The van der Waals surface area contributed by atoms with Gasteiger partial charge in [0.2, 0.25) is 0 Å². The summed E-state index contributed by atoms with van der Waals surface area (Å²) in [4.78, 5) is 4.05. The van der Waals surface area contributed by atoms with E-state index in [-0.39, 0.29) is 0 Å². The first-order valence-electron chi connectivity index (χ1n) is 6.99. The van der Waals surface area contributed by atoms with Gasteiger partial charge in [0.05, 0.1) is 0 Å². The Labute approximate surface area is 149 Å². The van der Waals surface area contributed by atoms with Crippen molar-refractivity contribution < 1.29 is 0 Å². The maximum Gasteiger partial charge on any atom is 0.180 e. The van der Waals surface area contributed by atoms with Gasteiger partial charge < -0.3 is 9.80 Å². The van der Waals surface area contributed by atoms with Crippen LogP contribution in [0, 0.1) is 0 Å². The summed E-state index contributed by atoms with van der Waals surface area (Å²) in [6, 6.07) is 16.3. The summed E-state index contributed by atoms with van der Waals surface area (Å²) in [6.45, 7) is 0. The second kappa shape index (κ2) is 7.90. The smallest absolute Gasteiger partial charge is 0.180 e. The zero-order valence-electron chi connectivity index (χ0n) is 12.7. The Morgan fingerprint density at radius 1 is 0.818 bits per heavy atom. The zero-order valence-corrected chi connectivity index (χ0v) is 15.3. The first-order chi connectivity index (χ1) is 10.6. The molecule has 0 spiro atoms. The van der Waals surface area contributed by atoms with E-state index in [1.54, 1.807) is 0 Å². The molecule has 0 aliphatic carbocycles. The molecule has 2 nitrogen and oxygen atoms in total. The minimum Gasteiger partial charge on any atom is -0.321 e. The molecule has 116 valence electrons. The standard InChI is InChI=1S/C17H20N2S3/c1-18(15-9-5-3-7-13(15)11-20)17(22)19(2)16-10-6-4-8-14(16)12-21/h3-10,20-21H,11-12H2,1-2H3. The summed E-state index contributed by atoms with van der Waals surface area (Å²) in [5.74, 6) is 1.36. The molecule has 0 aliphatic heterocycles. The summed E-state index contributed by atoms with van der Waals surface area (Å²) in [6.07, 6.45) is 0. The van der Waals surface area contributed by atoms with Gasteiger partial charge in [0, 0.05) is 37.0 Å². The minimum atomic E-state index is 0.681. The summed E-state index contributed by atoms with van der Waals surface area (Å²) >= 11 is 14.5. The highest BCUT2D eigenvalue weighted by molar-refractivity contribution is 7.81. The summed E-state index contributed by atoms with van der Waals surface area (Å²) in [5, 5.41) is 0.739. The molecule has 0 fully saturated rings. The first kappa shape index (κ1) is 17.2. The van der Waals surface area contributed by atoms with Crippen molar-refractivity contribution in [3.8, 4) is 0 Å². The van der Waals surface area contributed by atoms with E-state index >= 15 is 0 Å². The van der Waals surface area contributed by atoms with Crippen LogP contribution in [0.15, 0.2) is 48.5 Å². The molecule has 0 aromatic heterocycles. The molecule has 0 bridgehead atoms. The van der Waals surface area contributed by atoms with Gasteiger partial charge in [0.1, 0.15) is 0 Å². The van der Waals surface area contributed by atoms with Crippen molar-refractivity contribution in [2.75, 3.05) is 23.9 Å². The molecular weight excluding hydrogens is 328 g/mol. The van der Waals surface area contributed by atoms with E-state index in [2.05, 4.69) is 49.5 Å². The second-order valence-electron chi connectivity index (χ2n) is 4.97. The molecule has 0 heterocycles. The fourth-order valence-electron chi connectivity index (χ4n) is 2.37. The highest BCUT2D eigenvalue weighted by Crippen LogP contribution is 2.25. The predicted octanol–water partition coefficient (Wildman–Crippen LogP) is 4.40. The average Bonchev–Trinajstić information content (AvgIpc) is 2.59. The molecule has 0 amide bonds. The number of para-hydroxylation sites is 2. The summed E-state index contributed by atoms with van der Waals surface area (Å²) < 4.78 is 0. The van der Waals surface area contributed by atoms with Gasteiger partial charge in [0.25, 0.3) is 0 Å². The molecule has 0 radical (unpaired) electrons. The molecule has 0 aliphatic rings. The van der Waals surface area contributed by atoms with Crippen molar-refractivity contribution in [2.24, 2.45) is 0 Å². The van der Waals surface area contributed by atoms with Gasteiger partial charge in [-0.05, 0) is 35.5 Å². The molecule has 2 aromatic rings. The van der Waals surface area contributed by atoms with Gasteiger partial charge >= 0.3 is 0 Å². The van der Waals surface area contributed by atoms with E-state index in [4.69, 9.17) is 12.2 Å². The highest BCUT2D eigenvalue weighted by atomic mass is 32.1. The van der Waals surface area contributed by atoms with Crippen molar-refractivity contribution in [3.05, 3.63) is 59.7 Å². The van der Waals surface area contributed by atoms with Gasteiger partial charge in [-0.25, -0.2) is 0 Å². The minimum absolute atomic E-state index is 0.681. The fraction of sp³-hybridized carbons (Fsp3) is 0.235. The number of anilines is 2. The molecule has 5 heteroatoms. The van der Waals surface area contributed by atoms with Crippen LogP contribution in [-0.4, -0.2) is 19.2 Å². The van der Waals surface area contributed by atoms with Crippen LogP contribution in [0.25, 0.3) is 0 Å². The Hall–Kier alpha value is -1.17. The fourth-order valence-corrected chi connectivity index (χ4v) is 3.11. The van der Waals surface area contributed by atoms with Crippen LogP contribution < -0.4 is 9.80 Å². The van der Waals surface area contributed by atoms with Crippen molar-refractivity contribution >= 4 is 54.0 Å². The average molecular weight is 349 g/mol. The van der Waals surface area contributed by atoms with Crippen LogP contribution in [0.5, 0.6) is 0 Å². The topological polar surface area (TPSA) is 6.48 Å². The number of hydrogen-bond acceptors (Lipinski definition) is 3. The maximum atomic E-state index is 5.68. The molecule has 22 heavy (non-hydrogen) atoms. The third kappa shape index (κ3) is 3.59. The molecule has 0 N–H and O–H groups in total. The Balaban J connectivity index is 2.30. The van der Waals surface area contributed by atoms with Crippen molar-refractivity contribution in [1.82, 2.24) is 0 Å². The Bertz CT molecular complexity index is 602. The Morgan fingerprint density at radius 3 is 1.55 bits per heavy atom. The highest BCUT2D eigenvalue weighted by Gasteiger charge is 2.17. The molecule has 0 unspecified atom stereocenters. The van der Waals surface area contributed by atoms with Crippen LogP contribution in [0.4, 0.5) is 11.4 Å². The van der Waals surface area contributed by atoms with Crippen LogP contribution in [0.2, 0.25) is 0 Å².